The van der Waals surface area contributed by atoms with E-state index in [-0.39, 0.29) is 5.69 Å². The Balaban J connectivity index is 0. The van der Waals surface area contributed by atoms with Crippen LogP contribution < -0.4 is 0 Å². The first-order valence-electron chi connectivity index (χ1n) is 4.50. The summed E-state index contributed by atoms with van der Waals surface area (Å²) < 4.78 is 0. The molecule has 0 unspecified atom stereocenters. The van der Waals surface area contributed by atoms with E-state index >= 15 is 0 Å². The average molecular weight is 183 g/mol. The molecule has 3 nitrogen and oxygen atoms in total. The van der Waals surface area contributed by atoms with Crippen LogP contribution in [0.4, 0.5) is 5.69 Å². The van der Waals surface area contributed by atoms with Gasteiger partial charge in [-0.2, -0.15) is 0 Å². The van der Waals surface area contributed by atoms with Crippen LogP contribution >= 0.6 is 0 Å². The minimum Gasteiger partial charge on any atom is -0.258 e. The van der Waals surface area contributed by atoms with Gasteiger partial charge in [0.05, 0.1) is 4.92 Å². The van der Waals surface area contributed by atoms with E-state index in [1.807, 2.05) is 27.7 Å². The minimum atomic E-state index is -0.417. The first-order chi connectivity index (χ1) is 6.30. The highest BCUT2D eigenvalue weighted by Gasteiger charge is 1.98. The van der Waals surface area contributed by atoms with Crippen molar-refractivity contribution in [3.05, 3.63) is 40.4 Å². The maximum absolute atomic E-state index is 10.0. The molecule has 1 aromatic rings. The summed E-state index contributed by atoms with van der Waals surface area (Å²) in [5.74, 6) is 0. The topological polar surface area (TPSA) is 43.1 Å². The van der Waals surface area contributed by atoms with Gasteiger partial charge in [0, 0.05) is 12.1 Å². The Labute approximate surface area is 79.6 Å². The quantitative estimate of drug-likeness (QED) is 0.492. The lowest BCUT2D eigenvalue weighted by Gasteiger charge is -1.85. The molecule has 0 aromatic heterocycles. The molecule has 1 aromatic carbocycles. The fourth-order valence-corrected chi connectivity index (χ4v) is 0.550. The van der Waals surface area contributed by atoms with E-state index in [2.05, 4.69) is 0 Å². The van der Waals surface area contributed by atoms with Crippen molar-refractivity contribution in [1.29, 1.82) is 0 Å². The maximum atomic E-state index is 10.0. The molecule has 0 saturated carbocycles. The van der Waals surface area contributed by atoms with E-state index in [0.717, 1.165) is 0 Å². The number of hydrogen-bond donors (Lipinski definition) is 0. The molecule has 0 aliphatic rings. The van der Waals surface area contributed by atoms with Crippen molar-refractivity contribution in [3.63, 3.8) is 0 Å². The molecule has 0 atom stereocenters. The lowest BCUT2D eigenvalue weighted by atomic mass is 10.3. The van der Waals surface area contributed by atoms with Crippen LogP contribution in [0, 0.1) is 10.1 Å². The molecule has 74 valence electrons. The van der Waals surface area contributed by atoms with Crippen molar-refractivity contribution in [1.82, 2.24) is 0 Å². The molecule has 13 heavy (non-hydrogen) atoms. The molecule has 0 bridgehead atoms. The van der Waals surface area contributed by atoms with Crippen LogP contribution in [-0.4, -0.2) is 4.92 Å². The summed E-state index contributed by atoms with van der Waals surface area (Å²) in [6.07, 6.45) is 0. The van der Waals surface area contributed by atoms with E-state index in [1.165, 1.54) is 12.1 Å². The molecule has 0 saturated heterocycles. The van der Waals surface area contributed by atoms with Gasteiger partial charge in [-0.3, -0.25) is 10.1 Å². The number of benzene rings is 1. The van der Waals surface area contributed by atoms with Crippen LogP contribution in [0.25, 0.3) is 0 Å². The number of hydrogen-bond acceptors (Lipinski definition) is 2. The van der Waals surface area contributed by atoms with Crippen molar-refractivity contribution in [3.8, 4) is 0 Å². The van der Waals surface area contributed by atoms with Gasteiger partial charge in [-0.05, 0) is 0 Å². The predicted molar refractivity (Wildman–Crippen MR) is 55.8 cm³/mol. The first kappa shape index (κ1) is 14.2. The SMILES string of the molecule is CC.CC.O=[N+]([O-])c1ccccc1. The second-order valence-corrected chi connectivity index (χ2v) is 1.59. The third-order valence-electron chi connectivity index (χ3n) is 0.967. The monoisotopic (exact) mass is 183 g/mol. The number of nitro groups is 1. The van der Waals surface area contributed by atoms with Crippen LogP contribution in [0.15, 0.2) is 30.3 Å². The van der Waals surface area contributed by atoms with E-state index in [9.17, 15) is 10.1 Å². The summed E-state index contributed by atoms with van der Waals surface area (Å²) in [4.78, 5) is 9.59. The molecule has 0 aliphatic heterocycles. The molecule has 0 spiro atoms. The summed E-state index contributed by atoms with van der Waals surface area (Å²) >= 11 is 0. The number of nitrogens with zero attached hydrogens (tertiary/aromatic N) is 1. The van der Waals surface area contributed by atoms with Crippen molar-refractivity contribution in [2.24, 2.45) is 0 Å². The summed E-state index contributed by atoms with van der Waals surface area (Å²) in [7, 11) is 0. The van der Waals surface area contributed by atoms with E-state index < -0.39 is 4.92 Å². The number of nitro benzene ring substituents is 1. The second-order valence-electron chi connectivity index (χ2n) is 1.59. The van der Waals surface area contributed by atoms with Crippen LogP contribution in [0.2, 0.25) is 0 Å². The van der Waals surface area contributed by atoms with Crippen LogP contribution in [0.1, 0.15) is 27.7 Å². The van der Waals surface area contributed by atoms with Gasteiger partial charge in [-0.15, -0.1) is 0 Å². The average Bonchev–Trinajstić information content (AvgIpc) is 2.25. The van der Waals surface area contributed by atoms with Gasteiger partial charge < -0.3 is 0 Å². The zero-order valence-electron chi connectivity index (χ0n) is 8.65. The summed E-state index contributed by atoms with van der Waals surface area (Å²) in [6, 6.07) is 7.93. The normalized spacial score (nSPS) is 7.08. The highest BCUT2D eigenvalue weighted by molar-refractivity contribution is 5.27. The first-order valence-corrected chi connectivity index (χ1v) is 4.50. The Morgan fingerprint density at radius 3 is 1.62 bits per heavy atom. The molecule has 0 N–H and O–H groups in total. The third-order valence-corrected chi connectivity index (χ3v) is 0.967. The van der Waals surface area contributed by atoms with Gasteiger partial charge >= 0.3 is 0 Å². The Bertz CT molecular complexity index is 209. The lowest BCUT2D eigenvalue weighted by Crippen LogP contribution is -1.84. The molecule has 0 amide bonds. The molecule has 1 rings (SSSR count). The summed E-state index contributed by atoms with van der Waals surface area (Å²) in [5, 5.41) is 10.0. The summed E-state index contributed by atoms with van der Waals surface area (Å²) in [5.41, 5.74) is 0.137. The largest absolute Gasteiger partial charge is 0.269 e. The Morgan fingerprint density at radius 2 is 1.38 bits per heavy atom. The molecular formula is C10H17NO2. The van der Waals surface area contributed by atoms with Gasteiger partial charge in [-0.1, -0.05) is 45.9 Å². The standard InChI is InChI=1S/C6H5NO2.2C2H6/c8-7(9)6-4-2-1-3-5-6;2*1-2/h1-5H;2*1-2H3. The lowest BCUT2D eigenvalue weighted by molar-refractivity contribution is -0.384. The van der Waals surface area contributed by atoms with Gasteiger partial charge in [0.1, 0.15) is 0 Å². The summed E-state index contributed by atoms with van der Waals surface area (Å²) in [6.45, 7) is 8.00. The molecule has 3 heteroatoms. The highest BCUT2D eigenvalue weighted by atomic mass is 16.6. The number of para-hydroxylation sites is 1. The molecule has 0 radical (unpaired) electrons. The Kier molecular flexibility index (Phi) is 11.6. The van der Waals surface area contributed by atoms with E-state index in [1.54, 1.807) is 18.2 Å². The van der Waals surface area contributed by atoms with Crippen molar-refractivity contribution in [2.75, 3.05) is 0 Å². The van der Waals surface area contributed by atoms with E-state index in [0.29, 0.717) is 0 Å². The van der Waals surface area contributed by atoms with Crippen LogP contribution in [0.5, 0.6) is 0 Å². The fraction of sp³-hybridized carbons (Fsp3) is 0.400. The van der Waals surface area contributed by atoms with Crippen LogP contribution in [-0.2, 0) is 0 Å². The van der Waals surface area contributed by atoms with Gasteiger partial charge in [0.2, 0.25) is 0 Å². The molecule has 0 aliphatic carbocycles. The molecular weight excluding hydrogens is 166 g/mol. The third kappa shape index (κ3) is 7.00. The van der Waals surface area contributed by atoms with Crippen molar-refractivity contribution >= 4 is 5.69 Å². The number of non-ortho nitro benzene ring substituents is 1. The van der Waals surface area contributed by atoms with Gasteiger partial charge in [-0.25, -0.2) is 0 Å². The Hall–Kier alpha value is -1.38. The van der Waals surface area contributed by atoms with Crippen LogP contribution in [0.3, 0.4) is 0 Å². The van der Waals surface area contributed by atoms with Crippen molar-refractivity contribution < 1.29 is 4.92 Å². The van der Waals surface area contributed by atoms with E-state index in [4.69, 9.17) is 0 Å². The maximum Gasteiger partial charge on any atom is 0.269 e. The molecule has 0 heterocycles. The molecule has 0 fully saturated rings. The zero-order chi connectivity index (χ0) is 10.7. The Morgan fingerprint density at radius 1 is 1.00 bits per heavy atom. The zero-order valence-corrected chi connectivity index (χ0v) is 8.65. The van der Waals surface area contributed by atoms with Gasteiger partial charge in [0.25, 0.3) is 5.69 Å². The fourth-order valence-electron chi connectivity index (χ4n) is 0.550. The highest BCUT2D eigenvalue weighted by Crippen LogP contribution is 2.06. The van der Waals surface area contributed by atoms with Crippen molar-refractivity contribution in [2.45, 2.75) is 27.7 Å². The number of rotatable bonds is 1. The predicted octanol–water partition coefficient (Wildman–Crippen LogP) is 3.65. The second kappa shape index (κ2) is 10.6. The minimum absolute atomic E-state index is 0.137. The van der Waals surface area contributed by atoms with Gasteiger partial charge in [0.15, 0.2) is 0 Å². The smallest absolute Gasteiger partial charge is 0.258 e.